The third-order valence-electron chi connectivity index (χ3n) is 4.82. The van der Waals surface area contributed by atoms with Crippen LogP contribution in [-0.4, -0.2) is 68.8 Å². The quantitative estimate of drug-likeness (QED) is 0.420. The number of halogens is 3. The first-order valence-corrected chi connectivity index (χ1v) is 11.4. The summed E-state index contributed by atoms with van der Waals surface area (Å²) in [4.78, 5) is 33.2. The molecule has 0 aliphatic carbocycles. The summed E-state index contributed by atoms with van der Waals surface area (Å²) in [6, 6.07) is 7.19. The van der Waals surface area contributed by atoms with Gasteiger partial charge >= 0.3 is 12.2 Å². The number of fused-ring (bicyclic) bond motifs is 1. The smallest absolute Gasteiger partial charge is 0.422 e. The zero-order valence-electron chi connectivity index (χ0n) is 18.6. The molecule has 1 atom stereocenters. The monoisotopic (exact) mass is 513 g/mol. The summed E-state index contributed by atoms with van der Waals surface area (Å²) in [6.45, 7) is -0.433. The Morgan fingerprint density at radius 1 is 1.23 bits per heavy atom. The molecule has 0 unspecified atom stereocenters. The number of ether oxygens (including phenoxy) is 2. The van der Waals surface area contributed by atoms with Gasteiger partial charge in [0.05, 0.1) is 33.3 Å². The van der Waals surface area contributed by atoms with Gasteiger partial charge in [0.25, 0.3) is 6.16 Å². The van der Waals surface area contributed by atoms with Gasteiger partial charge in [0.2, 0.25) is 5.16 Å². The topological polar surface area (TPSA) is 127 Å². The predicted octanol–water partition coefficient (Wildman–Crippen LogP) is 2.25. The lowest BCUT2D eigenvalue weighted by Crippen LogP contribution is -2.36. The first kappa shape index (κ1) is 25.9. The molecular formula is C21H20F3N4O6S-. The molecule has 2 heterocycles. The molecule has 35 heavy (non-hydrogen) atoms. The number of likely N-dealkylation sites (N-methyl/N-ethyl adjacent to an activating group) is 1. The predicted molar refractivity (Wildman–Crippen MR) is 115 cm³/mol. The summed E-state index contributed by atoms with van der Waals surface area (Å²) >= 11 is 0. The second-order valence-electron chi connectivity index (χ2n) is 7.30. The molecule has 0 aliphatic rings. The maximum Gasteiger partial charge on any atom is 0.422 e. The van der Waals surface area contributed by atoms with Crippen molar-refractivity contribution in [3.8, 4) is 5.75 Å². The van der Waals surface area contributed by atoms with Gasteiger partial charge in [0.1, 0.15) is 5.75 Å². The van der Waals surface area contributed by atoms with E-state index in [4.69, 9.17) is 4.74 Å². The minimum absolute atomic E-state index is 0.0541. The van der Waals surface area contributed by atoms with Gasteiger partial charge in [0, 0.05) is 32.0 Å². The summed E-state index contributed by atoms with van der Waals surface area (Å²) in [5.74, 6) is -0.301. The lowest BCUT2D eigenvalue weighted by atomic mass is 10.2. The summed E-state index contributed by atoms with van der Waals surface area (Å²) < 4.78 is 61.2. The second kappa shape index (κ2) is 10.7. The number of amides is 1. The molecular weight excluding hydrogens is 493 g/mol. The van der Waals surface area contributed by atoms with Gasteiger partial charge in [0.15, 0.2) is 6.61 Å². The van der Waals surface area contributed by atoms with Crippen molar-refractivity contribution in [3.05, 3.63) is 47.8 Å². The van der Waals surface area contributed by atoms with E-state index in [1.54, 1.807) is 24.3 Å². The van der Waals surface area contributed by atoms with E-state index < -0.39 is 35.8 Å². The van der Waals surface area contributed by atoms with Gasteiger partial charge in [-0.3, -0.25) is 9.19 Å². The Bertz CT molecular complexity index is 1260. The Hall–Kier alpha value is -3.68. The molecule has 3 aromatic rings. The third-order valence-corrected chi connectivity index (χ3v) is 6.03. The molecule has 3 rings (SSSR count). The Morgan fingerprint density at radius 3 is 2.63 bits per heavy atom. The van der Waals surface area contributed by atoms with Gasteiger partial charge < -0.3 is 24.3 Å². The van der Waals surface area contributed by atoms with Crippen LogP contribution in [0.25, 0.3) is 11.0 Å². The van der Waals surface area contributed by atoms with Crippen LogP contribution in [0.2, 0.25) is 0 Å². The lowest BCUT2D eigenvalue weighted by Gasteiger charge is -2.20. The van der Waals surface area contributed by atoms with E-state index in [-0.39, 0.29) is 41.1 Å². The molecule has 1 aromatic carbocycles. The van der Waals surface area contributed by atoms with Crippen LogP contribution < -0.4 is 9.84 Å². The third kappa shape index (κ3) is 6.47. The summed E-state index contributed by atoms with van der Waals surface area (Å²) in [5.41, 5.74) is 1.23. The molecule has 0 bridgehead atoms. The van der Waals surface area contributed by atoms with Crippen molar-refractivity contribution in [2.24, 2.45) is 0 Å². The van der Waals surface area contributed by atoms with E-state index in [0.717, 1.165) is 9.47 Å². The van der Waals surface area contributed by atoms with Crippen LogP contribution in [-0.2, 0) is 21.3 Å². The van der Waals surface area contributed by atoms with Crippen molar-refractivity contribution in [2.75, 3.05) is 26.8 Å². The van der Waals surface area contributed by atoms with Crippen molar-refractivity contribution in [1.29, 1.82) is 0 Å². The average molecular weight is 513 g/mol. The number of nitrogens with zero attached hydrogens (tertiary/aromatic N) is 4. The number of pyridine rings is 1. The van der Waals surface area contributed by atoms with E-state index in [1.807, 2.05) is 0 Å². The van der Waals surface area contributed by atoms with Crippen LogP contribution in [0, 0.1) is 6.92 Å². The van der Waals surface area contributed by atoms with Crippen LogP contribution in [0.5, 0.6) is 5.75 Å². The first-order chi connectivity index (χ1) is 16.5. The molecule has 0 fully saturated rings. The number of rotatable bonds is 8. The zero-order chi connectivity index (χ0) is 25.8. The Kier molecular flexibility index (Phi) is 7.94. The average Bonchev–Trinajstić information content (AvgIpc) is 3.18. The number of carbonyl (C=O) groups is 2. The van der Waals surface area contributed by atoms with Crippen molar-refractivity contribution in [1.82, 2.24) is 19.4 Å². The van der Waals surface area contributed by atoms with Crippen LogP contribution in [0.4, 0.5) is 22.8 Å². The van der Waals surface area contributed by atoms with E-state index in [0.29, 0.717) is 11.0 Å². The van der Waals surface area contributed by atoms with Gasteiger partial charge in [-0.2, -0.15) is 13.2 Å². The maximum atomic E-state index is 13.3. The number of para-hydroxylation sites is 2. The van der Waals surface area contributed by atoms with E-state index in [9.17, 15) is 32.1 Å². The van der Waals surface area contributed by atoms with E-state index in [2.05, 4.69) is 14.7 Å². The fourth-order valence-corrected chi connectivity index (χ4v) is 4.33. The van der Waals surface area contributed by atoms with Crippen molar-refractivity contribution >= 4 is 34.0 Å². The molecule has 0 N–H and O–H groups in total. The number of alkyl halides is 3. The molecule has 14 heteroatoms. The number of carbonyl (C=O) groups excluding carboxylic acids is 2. The van der Waals surface area contributed by atoms with E-state index >= 15 is 0 Å². The first-order valence-electron chi connectivity index (χ1n) is 10.1. The number of carboxylic acid groups (broad SMARTS) is 1. The number of hydrogen-bond donors (Lipinski definition) is 0. The Balaban J connectivity index is 1.89. The van der Waals surface area contributed by atoms with Gasteiger partial charge in [-0.25, -0.2) is 14.3 Å². The van der Waals surface area contributed by atoms with Gasteiger partial charge in [-0.15, -0.1) is 0 Å². The zero-order valence-corrected chi connectivity index (χ0v) is 19.4. The molecule has 0 aliphatic heterocycles. The van der Waals surface area contributed by atoms with Gasteiger partial charge in [-0.1, -0.05) is 12.1 Å². The molecule has 0 saturated heterocycles. The summed E-state index contributed by atoms with van der Waals surface area (Å²) in [7, 11) is -0.541. The number of benzene rings is 1. The highest BCUT2D eigenvalue weighted by atomic mass is 32.2. The maximum absolute atomic E-state index is 13.3. The van der Waals surface area contributed by atoms with E-state index in [1.165, 1.54) is 26.2 Å². The number of imidazole rings is 1. The highest BCUT2D eigenvalue weighted by molar-refractivity contribution is 7.84. The van der Waals surface area contributed by atoms with Crippen molar-refractivity contribution in [3.63, 3.8) is 0 Å². The summed E-state index contributed by atoms with van der Waals surface area (Å²) in [5, 5.41) is 10.3. The molecule has 2 aromatic heterocycles. The highest BCUT2D eigenvalue weighted by Crippen LogP contribution is 2.26. The largest absolute Gasteiger partial charge is 0.548 e. The number of aromatic nitrogens is 3. The van der Waals surface area contributed by atoms with Crippen molar-refractivity contribution < 1.29 is 41.5 Å². The number of hydrogen-bond acceptors (Lipinski definition) is 8. The highest BCUT2D eigenvalue weighted by Gasteiger charge is 2.29. The minimum Gasteiger partial charge on any atom is -0.548 e. The summed E-state index contributed by atoms with van der Waals surface area (Å²) in [6.07, 6.45) is -5.02. The molecule has 10 nitrogen and oxygen atoms in total. The van der Waals surface area contributed by atoms with Crippen LogP contribution in [0.15, 0.2) is 41.7 Å². The lowest BCUT2D eigenvalue weighted by molar-refractivity contribution is -0.282. The normalized spacial score (nSPS) is 12.4. The second-order valence-corrected chi connectivity index (χ2v) is 8.64. The van der Waals surface area contributed by atoms with Crippen LogP contribution in [0.3, 0.4) is 0 Å². The fraction of sp³-hybridized carbons (Fsp3) is 0.333. The standard InChI is InChI=1S/C21H21F3N4O6S/c1-13-15(25-8-7-17(13)34-12-21(22,23)24)11-35(32)18-26-14-5-3-4-6-16(14)28(18)19(29)27(2)9-10-33-20(30)31/h3-8H,9-12H2,1-2H3,(H,30,31)/p-1/t35-/m1/s1. The van der Waals surface area contributed by atoms with Gasteiger partial charge in [-0.05, 0) is 25.1 Å². The molecule has 0 saturated carbocycles. The molecule has 0 radical (unpaired) electrons. The molecule has 188 valence electrons. The molecule has 1 amide bonds. The molecule has 0 spiro atoms. The Labute approximate surface area is 199 Å². The van der Waals surface area contributed by atoms with Crippen molar-refractivity contribution in [2.45, 2.75) is 24.0 Å². The van der Waals surface area contributed by atoms with Crippen LogP contribution >= 0.6 is 0 Å². The fourth-order valence-electron chi connectivity index (χ4n) is 3.08. The Morgan fingerprint density at radius 2 is 1.94 bits per heavy atom. The minimum atomic E-state index is -4.53. The van der Waals surface area contributed by atoms with Crippen LogP contribution in [0.1, 0.15) is 11.3 Å². The SMILES string of the molecule is Cc1c(OCC(F)(F)F)ccnc1C[S@@](=O)c1nc2ccccc2n1C(=O)N(C)CCOC(=O)[O-].